The number of nitrogens with zero attached hydrogens (tertiary/aromatic N) is 4. The summed E-state index contributed by atoms with van der Waals surface area (Å²) >= 11 is 0. The Morgan fingerprint density at radius 2 is 2.17 bits per heavy atom. The van der Waals surface area contributed by atoms with E-state index in [9.17, 15) is 4.79 Å². The van der Waals surface area contributed by atoms with E-state index in [2.05, 4.69) is 20.8 Å². The van der Waals surface area contributed by atoms with Crippen molar-refractivity contribution in [3.05, 3.63) is 59.9 Å². The van der Waals surface area contributed by atoms with Crippen molar-refractivity contribution in [3.8, 4) is 11.4 Å². The van der Waals surface area contributed by atoms with Crippen LogP contribution in [0, 0.1) is 6.92 Å². The molecule has 0 aliphatic carbocycles. The minimum absolute atomic E-state index is 0.164. The van der Waals surface area contributed by atoms with E-state index in [-0.39, 0.29) is 5.91 Å². The fourth-order valence-electron chi connectivity index (χ4n) is 2.71. The molecule has 0 radical (unpaired) electrons. The van der Waals surface area contributed by atoms with Gasteiger partial charge in [0.05, 0.1) is 5.69 Å². The van der Waals surface area contributed by atoms with Gasteiger partial charge >= 0.3 is 0 Å². The number of anilines is 1. The molecule has 1 aliphatic rings. The summed E-state index contributed by atoms with van der Waals surface area (Å²) < 4.78 is 7.27. The number of tetrazole rings is 1. The second-order valence-corrected chi connectivity index (χ2v) is 5.66. The molecule has 1 amide bonds. The number of amides is 1. The van der Waals surface area contributed by atoms with Crippen LogP contribution in [0.3, 0.4) is 0 Å². The largest absolute Gasteiger partial charge is 0.480 e. The molecule has 4 rings (SSSR count). The highest BCUT2D eigenvalue weighted by atomic mass is 16.5. The number of hydrogen-bond donors (Lipinski definition) is 1. The molecule has 2 aromatic carbocycles. The van der Waals surface area contributed by atoms with Gasteiger partial charge in [-0.25, -0.2) is 4.68 Å². The molecule has 0 fully saturated rings. The third kappa shape index (κ3) is 2.60. The molecule has 0 unspecified atom stereocenters. The summed E-state index contributed by atoms with van der Waals surface area (Å²) in [4.78, 5) is 12.6. The standard InChI is InChI=1S/C17H15N5O2/c1-11-6-7-13(22-10-18-20-21-22)9-14(11)19-17(23)16-8-12-4-2-3-5-15(12)24-16/h2-7,9-10,16H,8H2,1H3,(H,19,23)/t16-/m1/s1. The molecule has 24 heavy (non-hydrogen) atoms. The fourth-order valence-corrected chi connectivity index (χ4v) is 2.71. The van der Waals surface area contributed by atoms with E-state index in [1.54, 1.807) is 0 Å². The average molecular weight is 321 g/mol. The van der Waals surface area contributed by atoms with E-state index in [1.807, 2.05) is 49.4 Å². The Morgan fingerprint density at radius 1 is 1.29 bits per heavy atom. The summed E-state index contributed by atoms with van der Waals surface area (Å²) in [5.41, 5.74) is 3.50. The zero-order chi connectivity index (χ0) is 16.5. The van der Waals surface area contributed by atoms with Crippen molar-refractivity contribution in [2.45, 2.75) is 19.4 Å². The van der Waals surface area contributed by atoms with Gasteiger partial charge in [-0.3, -0.25) is 4.79 Å². The van der Waals surface area contributed by atoms with Gasteiger partial charge in [-0.2, -0.15) is 0 Å². The first kappa shape index (κ1) is 14.4. The zero-order valence-corrected chi connectivity index (χ0v) is 13.0. The number of ether oxygens (including phenoxy) is 1. The quantitative estimate of drug-likeness (QED) is 0.797. The van der Waals surface area contributed by atoms with Gasteiger partial charge in [-0.05, 0) is 46.7 Å². The third-order valence-corrected chi connectivity index (χ3v) is 4.03. The van der Waals surface area contributed by atoms with E-state index in [0.717, 1.165) is 22.6 Å². The van der Waals surface area contributed by atoms with Crippen LogP contribution in [0.4, 0.5) is 5.69 Å². The van der Waals surface area contributed by atoms with Crippen LogP contribution in [-0.4, -0.2) is 32.2 Å². The number of rotatable bonds is 3. The Balaban J connectivity index is 1.53. The van der Waals surface area contributed by atoms with E-state index in [4.69, 9.17) is 4.74 Å². The maximum absolute atomic E-state index is 12.6. The highest BCUT2D eigenvalue weighted by Gasteiger charge is 2.29. The number of aromatic nitrogens is 4. The Labute approximate surface area is 138 Å². The molecule has 1 aromatic heterocycles. The van der Waals surface area contributed by atoms with Gasteiger partial charge in [0.2, 0.25) is 0 Å². The van der Waals surface area contributed by atoms with Crippen LogP contribution in [0.15, 0.2) is 48.8 Å². The number of benzene rings is 2. The maximum Gasteiger partial charge on any atom is 0.265 e. The molecule has 120 valence electrons. The van der Waals surface area contributed by atoms with Crippen molar-refractivity contribution in [3.63, 3.8) is 0 Å². The number of fused-ring (bicyclic) bond motifs is 1. The lowest BCUT2D eigenvalue weighted by molar-refractivity contribution is -0.122. The van der Waals surface area contributed by atoms with Gasteiger partial charge in [0.15, 0.2) is 6.10 Å². The monoisotopic (exact) mass is 321 g/mol. The maximum atomic E-state index is 12.6. The predicted molar refractivity (Wildman–Crippen MR) is 87.1 cm³/mol. The van der Waals surface area contributed by atoms with Crippen molar-refractivity contribution < 1.29 is 9.53 Å². The SMILES string of the molecule is Cc1ccc(-n2cnnn2)cc1NC(=O)[C@H]1Cc2ccccc2O1. The first-order chi connectivity index (χ1) is 11.7. The molecule has 7 heteroatoms. The summed E-state index contributed by atoms with van der Waals surface area (Å²) in [6, 6.07) is 13.4. The highest BCUT2D eigenvalue weighted by Crippen LogP contribution is 2.29. The van der Waals surface area contributed by atoms with E-state index in [0.29, 0.717) is 12.1 Å². The summed E-state index contributed by atoms with van der Waals surface area (Å²) in [5, 5.41) is 14.0. The van der Waals surface area contributed by atoms with Gasteiger partial charge < -0.3 is 10.1 Å². The molecule has 3 aromatic rings. The normalized spacial score (nSPS) is 15.6. The van der Waals surface area contributed by atoms with Gasteiger partial charge in [0, 0.05) is 12.1 Å². The minimum Gasteiger partial charge on any atom is -0.480 e. The third-order valence-electron chi connectivity index (χ3n) is 4.03. The Morgan fingerprint density at radius 3 is 2.96 bits per heavy atom. The van der Waals surface area contributed by atoms with Gasteiger partial charge in [0.1, 0.15) is 12.1 Å². The van der Waals surface area contributed by atoms with Crippen molar-refractivity contribution in [2.24, 2.45) is 0 Å². The van der Waals surface area contributed by atoms with Gasteiger partial charge in [-0.15, -0.1) is 5.10 Å². The van der Waals surface area contributed by atoms with Crippen LogP contribution in [0.25, 0.3) is 5.69 Å². The smallest absolute Gasteiger partial charge is 0.265 e. The lowest BCUT2D eigenvalue weighted by Gasteiger charge is -2.14. The summed E-state index contributed by atoms with van der Waals surface area (Å²) in [6.07, 6.45) is 1.57. The summed E-state index contributed by atoms with van der Waals surface area (Å²) in [6.45, 7) is 1.93. The molecule has 2 heterocycles. The highest BCUT2D eigenvalue weighted by molar-refractivity contribution is 5.96. The molecular formula is C17H15N5O2. The molecule has 0 saturated heterocycles. The summed E-state index contributed by atoms with van der Waals surface area (Å²) in [5.74, 6) is 0.611. The molecule has 0 bridgehead atoms. The van der Waals surface area contributed by atoms with E-state index in [1.165, 1.54) is 11.0 Å². The Bertz CT molecular complexity index is 867. The predicted octanol–water partition coefficient (Wildman–Crippen LogP) is 1.91. The van der Waals surface area contributed by atoms with Crippen molar-refractivity contribution in [1.82, 2.24) is 20.2 Å². The minimum atomic E-state index is -0.515. The molecule has 1 N–H and O–H groups in total. The number of para-hydroxylation sites is 1. The zero-order valence-electron chi connectivity index (χ0n) is 13.0. The molecule has 1 atom stereocenters. The average Bonchev–Trinajstić information content (AvgIpc) is 3.26. The number of carbonyl (C=O) groups excluding carboxylic acids is 1. The Hall–Kier alpha value is -3.22. The number of hydrogen-bond acceptors (Lipinski definition) is 5. The molecule has 0 spiro atoms. The van der Waals surface area contributed by atoms with Gasteiger partial charge in [-0.1, -0.05) is 24.3 Å². The first-order valence-corrected chi connectivity index (χ1v) is 7.60. The molecule has 7 nitrogen and oxygen atoms in total. The van der Waals surface area contributed by atoms with Crippen LogP contribution < -0.4 is 10.1 Å². The Kier molecular flexibility index (Phi) is 3.45. The summed E-state index contributed by atoms with van der Waals surface area (Å²) in [7, 11) is 0. The lowest BCUT2D eigenvalue weighted by Crippen LogP contribution is -2.31. The van der Waals surface area contributed by atoms with Crippen LogP contribution in [0.5, 0.6) is 5.75 Å². The van der Waals surface area contributed by atoms with Crippen molar-refractivity contribution in [1.29, 1.82) is 0 Å². The van der Waals surface area contributed by atoms with Crippen molar-refractivity contribution in [2.75, 3.05) is 5.32 Å². The first-order valence-electron chi connectivity index (χ1n) is 7.60. The van der Waals surface area contributed by atoms with Crippen LogP contribution in [0.1, 0.15) is 11.1 Å². The second-order valence-electron chi connectivity index (χ2n) is 5.66. The van der Waals surface area contributed by atoms with E-state index >= 15 is 0 Å². The number of carbonyl (C=O) groups is 1. The van der Waals surface area contributed by atoms with Crippen LogP contribution >= 0.6 is 0 Å². The fraction of sp³-hybridized carbons (Fsp3) is 0.176. The number of aryl methyl sites for hydroxylation is 1. The lowest BCUT2D eigenvalue weighted by atomic mass is 10.1. The molecule has 1 aliphatic heterocycles. The van der Waals surface area contributed by atoms with E-state index < -0.39 is 6.10 Å². The van der Waals surface area contributed by atoms with Gasteiger partial charge in [0.25, 0.3) is 5.91 Å². The number of nitrogens with one attached hydrogen (secondary N) is 1. The van der Waals surface area contributed by atoms with Crippen LogP contribution in [-0.2, 0) is 11.2 Å². The second kappa shape index (κ2) is 5.77. The van der Waals surface area contributed by atoms with Crippen LogP contribution in [0.2, 0.25) is 0 Å². The topological polar surface area (TPSA) is 81.9 Å². The van der Waals surface area contributed by atoms with Crippen molar-refractivity contribution >= 4 is 11.6 Å². The molecule has 0 saturated carbocycles. The molecular weight excluding hydrogens is 306 g/mol.